The third-order valence-corrected chi connectivity index (χ3v) is 6.59. The van der Waals surface area contributed by atoms with Crippen molar-refractivity contribution < 1.29 is 14.5 Å². The van der Waals surface area contributed by atoms with Crippen LogP contribution in [0.1, 0.15) is 5.01 Å². The summed E-state index contributed by atoms with van der Waals surface area (Å²) in [6.45, 7) is 0. The van der Waals surface area contributed by atoms with Gasteiger partial charge in [0.1, 0.15) is 16.8 Å². The Morgan fingerprint density at radius 1 is 1.12 bits per heavy atom. The first-order valence-electron chi connectivity index (χ1n) is 7.44. The molecule has 0 aliphatic carbocycles. The van der Waals surface area contributed by atoms with Gasteiger partial charge in [0.15, 0.2) is 5.57 Å². The minimum absolute atomic E-state index is 0.349. The summed E-state index contributed by atoms with van der Waals surface area (Å²) in [6, 6.07) is 16.0. The number of carbonyl (C=O) groups is 1. The lowest BCUT2D eigenvalue weighted by Gasteiger charge is -2.14. The molecule has 4 nitrogen and oxygen atoms in total. The fourth-order valence-electron chi connectivity index (χ4n) is 2.92. The van der Waals surface area contributed by atoms with Crippen LogP contribution in [0, 0.1) is 0 Å². The Balaban J connectivity index is 1.96. The Hall–Kier alpha value is -2.31. The number of rotatable bonds is 2. The quantitative estimate of drug-likeness (QED) is 0.562. The van der Waals surface area contributed by atoms with Crippen molar-refractivity contribution >= 4 is 50.5 Å². The Bertz CT molecular complexity index is 1010. The maximum Gasteiger partial charge on any atom is 0.346 e. The highest BCUT2D eigenvalue weighted by molar-refractivity contribution is 8.04. The highest BCUT2D eigenvalue weighted by Crippen LogP contribution is 2.48. The number of hydrogen-bond acceptors (Lipinski definition) is 4. The van der Waals surface area contributed by atoms with Gasteiger partial charge in [-0.1, -0.05) is 47.4 Å². The van der Waals surface area contributed by atoms with Crippen molar-refractivity contribution in [3.05, 3.63) is 58.6 Å². The Kier molecular flexibility index (Phi) is 3.58. The number of fused-ring (bicyclic) bond motifs is 2. The number of carboxylic acids is 1. The van der Waals surface area contributed by atoms with E-state index < -0.39 is 5.97 Å². The molecule has 6 heteroatoms. The zero-order valence-electron chi connectivity index (χ0n) is 13.2. The molecule has 0 fully saturated rings. The predicted molar refractivity (Wildman–Crippen MR) is 98.3 cm³/mol. The second-order valence-corrected chi connectivity index (χ2v) is 7.61. The first-order valence-corrected chi connectivity index (χ1v) is 9.07. The van der Waals surface area contributed by atoms with Crippen molar-refractivity contribution in [2.24, 2.45) is 7.05 Å². The largest absolute Gasteiger partial charge is 0.477 e. The molecule has 0 amide bonds. The van der Waals surface area contributed by atoms with Crippen LogP contribution in [0.3, 0.4) is 0 Å². The standard InChI is InChI=1S/C18H14N2O2S2/c1-19-11-7-3-5-9-13(11)23-16(19)15(18(21)22)17-20(2)12-8-4-6-10-14(12)24-17/h3-10H,1-2H3/p+1. The smallest absolute Gasteiger partial charge is 0.346 e. The van der Waals surface area contributed by atoms with Crippen LogP contribution in [-0.2, 0) is 11.8 Å². The highest BCUT2D eigenvalue weighted by Gasteiger charge is 2.34. The van der Waals surface area contributed by atoms with Gasteiger partial charge in [-0.25, -0.2) is 4.79 Å². The summed E-state index contributed by atoms with van der Waals surface area (Å²) >= 11 is 3.02. The molecular formula is C18H15N2O2S2+. The SMILES string of the molecule is CN1C(=C(C(=O)O)c2sc3ccccc3[n+]2C)Sc2ccccc21. The first kappa shape index (κ1) is 15.2. The van der Waals surface area contributed by atoms with Crippen molar-refractivity contribution in [2.45, 2.75) is 4.90 Å². The van der Waals surface area contributed by atoms with E-state index in [1.54, 1.807) is 0 Å². The number of para-hydroxylation sites is 2. The number of thiazole rings is 1. The minimum atomic E-state index is -0.903. The van der Waals surface area contributed by atoms with Gasteiger partial charge in [0.2, 0.25) is 5.52 Å². The lowest BCUT2D eigenvalue weighted by molar-refractivity contribution is -0.642. The fourth-order valence-corrected chi connectivity index (χ4v) is 5.35. The number of hydrogen-bond donors (Lipinski definition) is 1. The number of aromatic nitrogens is 1. The van der Waals surface area contributed by atoms with E-state index in [9.17, 15) is 9.90 Å². The molecule has 4 rings (SSSR count). The number of carboxylic acid groups (broad SMARTS) is 1. The molecule has 2 heterocycles. The molecule has 3 aromatic rings. The fraction of sp³-hybridized carbons (Fsp3) is 0.111. The van der Waals surface area contributed by atoms with Gasteiger partial charge in [-0.2, -0.15) is 4.57 Å². The van der Waals surface area contributed by atoms with Crippen molar-refractivity contribution in [3.8, 4) is 0 Å². The average molecular weight is 355 g/mol. The average Bonchev–Trinajstić information content (AvgIpc) is 3.07. The third kappa shape index (κ3) is 2.22. The molecule has 1 aromatic heterocycles. The zero-order chi connectivity index (χ0) is 16.8. The summed E-state index contributed by atoms with van der Waals surface area (Å²) in [7, 11) is 3.84. The number of thioether (sulfide) groups is 1. The van der Waals surface area contributed by atoms with E-state index in [-0.39, 0.29) is 0 Å². The monoisotopic (exact) mass is 355 g/mol. The Labute approximate surface area is 147 Å². The van der Waals surface area contributed by atoms with Crippen LogP contribution in [-0.4, -0.2) is 18.1 Å². The van der Waals surface area contributed by atoms with Crippen LogP contribution >= 0.6 is 23.1 Å². The Morgan fingerprint density at radius 2 is 1.83 bits per heavy atom. The second kappa shape index (κ2) is 5.65. The molecule has 0 saturated carbocycles. The Morgan fingerprint density at radius 3 is 2.54 bits per heavy atom. The van der Waals surface area contributed by atoms with Crippen LogP contribution in [0.4, 0.5) is 5.69 Å². The number of aryl methyl sites for hydroxylation is 1. The van der Waals surface area contributed by atoms with E-state index in [0.717, 1.165) is 30.8 Å². The summed E-state index contributed by atoms with van der Waals surface area (Å²) in [5.41, 5.74) is 2.43. The van der Waals surface area contributed by atoms with Gasteiger partial charge in [-0.05, 0) is 18.2 Å². The summed E-state index contributed by atoms with van der Waals surface area (Å²) in [5.74, 6) is -0.903. The van der Waals surface area contributed by atoms with Crippen LogP contribution in [0.15, 0.2) is 58.5 Å². The molecule has 24 heavy (non-hydrogen) atoms. The van der Waals surface area contributed by atoms with Gasteiger partial charge in [0.05, 0.1) is 5.69 Å². The topological polar surface area (TPSA) is 44.4 Å². The summed E-state index contributed by atoms with van der Waals surface area (Å²) in [5, 5.41) is 11.4. The van der Waals surface area contributed by atoms with Gasteiger partial charge < -0.3 is 10.0 Å². The van der Waals surface area contributed by atoms with E-state index >= 15 is 0 Å². The molecule has 0 unspecified atom stereocenters. The second-order valence-electron chi connectivity index (χ2n) is 5.55. The third-order valence-electron chi connectivity index (χ3n) is 4.12. The summed E-state index contributed by atoms with van der Waals surface area (Å²) in [4.78, 5) is 15.2. The van der Waals surface area contributed by atoms with Crippen LogP contribution in [0.25, 0.3) is 15.8 Å². The molecule has 2 aromatic carbocycles. The zero-order valence-corrected chi connectivity index (χ0v) is 14.8. The first-order chi connectivity index (χ1) is 11.6. The molecule has 1 aliphatic heterocycles. The van der Waals surface area contributed by atoms with Crippen LogP contribution in [0.5, 0.6) is 0 Å². The number of benzene rings is 2. The maximum absolute atomic E-state index is 12.1. The molecule has 1 N–H and O–H groups in total. The minimum Gasteiger partial charge on any atom is -0.477 e. The van der Waals surface area contributed by atoms with Crippen LogP contribution in [0.2, 0.25) is 0 Å². The van der Waals surface area contributed by atoms with Gasteiger partial charge in [0.25, 0.3) is 5.01 Å². The molecule has 0 atom stereocenters. The van der Waals surface area contributed by atoms with Gasteiger partial charge in [-0.15, -0.1) is 0 Å². The highest BCUT2D eigenvalue weighted by atomic mass is 32.2. The molecule has 1 aliphatic rings. The number of nitrogens with zero attached hydrogens (tertiary/aromatic N) is 2. The normalized spacial score (nSPS) is 15.7. The molecule has 120 valence electrons. The van der Waals surface area contributed by atoms with Crippen molar-refractivity contribution in [1.29, 1.82) is 0 Å². The van der Waals surface area contributed by atoms with Gasteiger partial charge >= 0.3 is 5.97 Å². The molecule has 0 radical (unpaired) electrons. The molecule has 0 saturated heterocycles. The van der Waals surface area contributed by atoms with Gasteiger partial charge in [-0.3, -0.25) is 0 Å². The summed E-state index contributed by atoms with van der Waals surface area (Å²) in [6.07, 6.45) is 0. The maximum atomic E-state index is 12.1. The van der Waals surface area contributed by atoms with Crippen molar-refractivity contribution in [1.82, 2.24) is 0 Å². The van der Waals surface area contributed by atoms with E-state index in [1.807, 2.05) is 72.1 Å². The van der Waals surface area contributed by atoms with Crippen molar-refractivity contribution in [3.63, 3.8) is 0 Å². The number of anilines is 1. The van der Waals surface area contributed by atoms with Gasteiger partial charge in [0, 0.05) is 18.0 Å². The lowest BCUT2D eigenvalue weighted by atomic mass is 10.2. The summed E-state index contributed by atoms with van der Waals surface area (Å²) < 4.78 is 3.05. The van der Waals surface area contributed by atoms with E-state index in [2.05, 4.69) is 0 Å². The molecule has 0 spiro atoms. The molecular weight excluding hydrogens is 340 g/mol. The molecule has 0 bridgehead atoms. The van der Waals surface area contributed by atoms with E-state index in [4.69, 9.17) is 0 Å². The van der Waals surface area contributed by atoms with Crippen LogP contribution < -0.4 is 9.47 Å². The van der Waals surface area contributed by atoms with E-state index in [0.29, 0.717) is 5.57 Å². The number of aliphatic carboxylic acids is 1. The van der Waals surface area contributed by atoms with Crippen molar-refractivity contribution in [2.75, 3.05) is 11.9 Å². The lowest BCUT2D eigenvalue weighted by Crippen LogP contribution is -2.32. The van der Waals surface area contributed by atoms with E-state index in [1.165, 1.54) is 23.1 Å². The predicted octanol–water partition coefficient (Wildman–Crippen LogP) is 3.72.